The highest BCUT2D eigenvalue weighted by Crippen LogP contribution is 2.22. The van der Waals surface area contributed by atoms with Crippen LogP contribution in [0.5, 0.6) is 0 Å². The fourth-order valence-corrected chi connectivity index (χ4v) is 2.98. The van der Waals surface area contributed by atoms with Crippen molar-refractivity contribution in [2.75, 3.05) is 7.05 Å². The van der Waals surface area contributed by atoms with Gasteiger partial charge in [-0.25, -0.2) is 0 Å². The largest absolute Gasteiger partial charge is 0.324 e. The zero-order valence-corrected chi connectivity index (χ0v) is 13.9. The van der Waals surface area contributed by atoms with Gasteiger partial charge in [-0.05, 0) is 35.2 Å². The maximum Gasteiger partial charge on any atom is 0.294 e. The Morgan fingerprint density at radius 1 is 1.22 bits per heavy atom. The van der Waals surface area contributed by atoms with E-state index in [1.807, 2.05) is 5.38 Å². The van der Waals surface area contributed by atoms with Crippen molar-refractivity contribution in [1.29, 1.82) is 0 Å². The molecule has 0 aliphatic heterocycles. The summed E-state index contributed by atoms with van der Waals surface area (Å²) in [5, 5.41) is 2.30. The van der Waals surface area contributed by atoms with Gasteiger partial charge >= 0.3 is 0 Å². The molecule has 0 aliphatic rings. The third kappa shape index (κ3) is 4.15. The second-order valence-electron chi connectivity index (χ2n) is 4.73. The Kier molecular flexibility index (Phi) is 5.84. The number of benzene rings is 1. The molecule has 1 atom stereocenters. The normalized spacial score (nSPS) is 12.1. The molecule has 6 heteroatoms. The number of halogens is 1. The molecule has 1 unspecified atom stereocenters. The number of hydrogen-bond acceptors (Lipinski definition) is 4. The summed E-state index contributed by atoms with van der Waals surface area (Å²) in [7, 11) is 1.43. The quantitative estimate of drug-likeness (QED) is 0.457. The molecule has 0 radical (unpaired) electrons. The Morgan fingerprint density at radius 2 is 1.96 bits per heavy atom. The highest BCUT2D eigenvalue weighted by molar-refractivity contribution is 7.10. The van der Waals surface area contributed by atoms with Crippen molar-refractivity contribution >= 4 is 47.0 Å². The first-order chi connectivity index (χ1) is 11.0. The molecule has 0 fully saturated rings. The Hall–Kier alpha value is -2.24. The van der Waals surface area contributed by atoms with Crippen LogP contribution in [0.25, 0.3) is 6.08 Å². The molecular weight excluding hydrogens is 334 g/mol. The molecule has 0 saturated heterocycles. The Balaban J connectivity index is 2.11. The van der Waals surface area contributed by atoms with Gasteiger partial charge < -0.3 is 9.69 Å². The number of amides is 1. The first-order valence-electron chi connectivity index (χ1n) is 6.77. The first-order valence-corrected chi connectivity index (χ1v) is 8.02. The van der Waals surface area contributed by atoms with Crippen LogP contribution in [0, 0.1) is 0 Å². The number of carbonyl (C=O) groups is 3. The molecule has 23 heavy (non-hydrogen) atoms. The second kappa shape index (κ2) is 7.85. The maximum atomic E-state index is 12.2. The van der Waals surface area contributed by atoms with Gasteiger partial charge in [0.25, 0.3) is 5.91 Å². The number of likely N-dealkylation sites (N-methyl/N-ethyl adjacent to an activating group) is 1. The minimum atomic E-state index is -0.764. The van der Waals surface area contributed by atoms with Gasteiger partial charge in [0.15, 0.2) is 0 Å². The van der Waals surface area contributed by atoms with Crippen LogP contribution in [0.15, 0.2) is 47.9 Å². The molecule has 1 heterocycles. The summed E-state index contributed by atoms with van der Waals surface area (Å²) in [5.41, 5.74) is 0.642. The number of aldehydes is 1. The lowest BCUT2D eigenvalue weighted by Crippen LogP contribution is -2.36. The van der Waals surface area contributed by atoms with Crippen LogP contribution in [-0.4, -0.2) is 29.9 Å². The van der Waals surface area contributed by atoms with E-state index in [0.29, 0.717) is 21.7 Å². The fourth-order valence-electron chi connectivity index (χ4n) is 1.96. The molecule has 0 aliphatic carbocycles. The zero-order valence-electron chi connectivity index (χ0n) is 12.3. The zero-order chi connectivity index (χ0) is 16.8. The summed E-state index contributed by atoms with van der Waals surface area (Å²) in [5.74, 6) is -1.46. The van der Waals surface area contributed by atoms with Gasteiger partial charge in [0, 0.05) is 16.9 Å². The summed E-state index contributed by atoms with van der Waals surface area (Å²) in [6, 6.07) is 9.75. The monoisotopic (exact) mass is 347 g/mol. The maximum absolute atomic E-state index is 12.2. The van der Waals surface area contributed by atoms with E-state index in [4.69, 9.17) is 11.6 Å². The Labute approximate surface area is 143 Å². The topological polar surface area (TPSA) is 54.5 Å². The molecule has 2 aromatic rings. The summed E-state index contributed by atoms with van der Waals surface area (Å²) in [4.78, 5) is 37.3. The fraction of sp³-hybridized carbons (Fsp3) is 0.118. The van der Waals surface area contributed by atoms with Crippen molar-refractivity contribution < 1.29 is 14.4 Å². The number of rotatable bonds is 6. The van der Waals surface area contributed by atoms with Crippen molar-refractivity contribution in [2.24, 2.45) is 0 Å². The van der Waals surface area contributed by atoms with E-state index in [-0.39, 0.29) is 0 Å². The van der Waals surface area contributed by atoms with Gasteiger partial charge in [0.2, 0.25) is 5.78 Å². The van der Waals surface area contributed by atoms with E-state index >= 15 is 0 Å². The van der Waals surface area contributed by atoms with Gasteiger partial charge in [0.1, 0.15) is 12.3 Å². The minimum Gasteiger partial charge on any atom is -0.324 e. The second-order valence-corrected chi connectivity index (χ2v) is 6.12. The van der Waals surface area contributed by atoms with Crippen LogP contribution in [0.2, 0.25) is 5.02 Å². The van der Waals surface area contributed by atoms with E-state index in [1.165, 1.54) is 24.5 Å². The van der Waals surface area contributed by atoms with E-state index in [0.717, 1.165) is 11.0 Å². The average Bonchev–Trinajstić information content (AvgIpc) is 3.08. The van der Waals surface area contributed by atoms with Gasteiger partial charge in [-0.3, -0.25) is 9.59 Å². The minimum absolute atomic E-state index is 0.488. The highest BCUT2D eigenvalue weighted by atomic mass is 35.5. The van der Waals surface area contributed by atoms with Gasteiger partial charge in [0.05, 0.1) is 0 Å². The van der Waals surface area contributed by atoms with Gasteiger partial charge in [-0.2, -0.15) is 0 Å². The third-order valence-corrected chi connectivity index (χ3v) is 4.52. The van der Waals surface area contributed by atoms with Crippen molar-refractivity contribution in [3.63, 3.8) is 0 Å². The first kappa shape index (κ1) is 17.1. The summed E-state index contributed by atoms with van der Waals surface area (Å²) in [6.07, 6.45) is 3.29. The molecule has 118 valence electrons. The molecule has 0 saturated carbocycles. The summed E-state index contributed by atoms with van der Waals surface area (Å²) in [6.45, 7) is 0. The third-order valence-electron chi connectivity index (χ3n) is 3.23. The molecule has 0 spiro atoms. The summed E-state index contributed by atoms with van der Waals surface area (Å²) < 4.78 is 0. The lowest BCUT2D eigenvalue weighted by atomic mass is 10.1. The Morgan fingerprint density at radius 3 is 2.57 bits per heavy atom. The SMILES string of the molecule is CN(C(=O)C(=O)/C=C/c1ccccc1Cl)C(C=O)c1cccs1. The lowest BCUT2D eigenvalue weighted by molar-refractivity contribution is -0.143. The lowest BCUT2D eigenvalue weighted by Gasteiger charge is -2.21. The standard InChI is InChI=1S/C17H14ClNO3S/c1-19(14(11-20)16-7-4-10-23-16)17(22)15(21)9-8-12-5-2-3-6-13(12)18/h2-11,14H,1H3/b9-8+. The van der Waals surface area contributed by atoms with E-state index < -0.39 is 17.7 Å². The molecule has 0 bridgehead atoms. The molecule has 4 nitrogen and oxygen atoms in total. The van der Waals surface area contributed by atoms with Crippen LogP contribution in [0.4, 0.5) is 0 Å². The van der Waals surface area contributed by atoms with Crippen LogP contribution in [0.1, 0.15) is 16.5 Å². The molecule has 0 N–H and O–H groups in total. The molecule has 1 amide bonds. The molecule has 2 rings (SSSR count). The van der Waals surface area contributed by atoms with Crippen LogP contribution < -0.4 is 0 Å². The summed E-state index contributed by atoms with van der Waals surface area (Å²) >= 11 is 7.34. The van der Waals surface area contributed by atoms with Crippen LogP contribution >= 0.6 is 22.9 Å². The van der Waals surface area contributed by atoms with Gasteiger partial charge in [-0.15, -0.1) is 11.3 Å². The van der Waals surface area contributed by atoms with Crippen LogP contribution in [0.3, 0.4) is 0 Å². The van der Waals surface area contributed by atoms with Crippen molar-refractivity contribution in [2.45, 2.75) is 6.04 Å². The number of hydrogen-bond donors (Lipinski definition) is 0. The smallest absolute Gasteiger partial charge is 0.294 e. The molecular formula is C17H14ClNO3S. The van der Waals surface area contributed by atoms with Crippen LogP contribution in [-0.2, 0) is 14.4 Å². The number of carbonyl (C=O) groups excluding carboxylic acids is 3. The van der Waals surface area contributed by atoms with Crippen molar-refractivity contribution in [3.8, 4) is 0 Å². The van der Waals surface area contributed by atoms with E-state index in [2.05, 4.69) is 0 Å². The molecule has 1 aromatic carbocycles. The van der Waals surface area contributed by atoms with Gasteiger partial charge in [-0.1, -0.05) is 35.9 Å². The van der Waals surface area contributed by atoms with E-state index in [9.17, 15) is 14.4 Å². The molecule has 1 aromatic heterocycles. The number of thiophene rings is 1. The van der Waals surface area contributed by atoms with Crippen molar-refractivity contribution in [1.82, 2.24) is 4.90 Å². The average molecular weight is 348 g/mol. The number of ketones is 1. The van der Waals surface area contributed by atoms with E-state index in [1.54, 1.807) is 36.4 Å². The van der Waals surface area contributed by atoms with Crippen molar-refractivity contribution in [3.05, 3.63) is 63.3 Å². The predicted octanol–water partition coefficient (Wildman–Crippen LogP) is 3.38. The highest BCUT2D eigenvalue weighted by Gasteiger charge is 2.25. The predicted molar refractivity (Wildman–Crippen MR) is 91.4 cm³/mol. The number of nitrogens with zero attached hydrogens (tertiary/aromatic N) is 1. The Bertz CT molecular complexity index is 740.